The standard InChI is InChI=1S/C21H23NO5S/c1-14-8-9-18(26-2)15(12-14)10-11-22-21(23)20-17(13-28(3,24)25)16-6-4-5-7-19(16)27-20/h4-9,12H,10-11,13H2,1-3H3,(H,22,23). The van der Waals surface area contributed by atoms with Gasteiger partial charge in [0.1, 0.15) is 11.3 Å². The molecule has 1 aromatic heterocycles. The van der Waals surface area contributed by atoms with Gasteiger partial charge in [-0.2, -0.15) is 0 Å². The Bertz CT molecular complexity index is 1120. The number of carbonyl (C=O) groups is 1. The predicted molar refractivity (Wildman–Crippen MR) is 109 cm³/mol. The van der Waals surface area contributed by atoms with Crippen molar-refractivity contribution in [1.82, 2.24) is 5.32 Å². The van der Waals surface area contributed by atoms with E-state index in [2.05, 4.69) is 5.32 Å². The molecule has 3 rings (SSSR count). The monoisotopic (exact) mass is 401 g/mol. The largest absolute Gasteiger partial charge is 0.496 e. The van der Waals surface area contributed by atoms with E-state index in [4.69, 9.17) is 9.15 Å². The topological polar surface area (TPSA) is 85.6 Å². The fourth-order valence-electron chi connectivity index (χ4n) is 3.18. The maximum atomic E-state index is 12.7. The van der Waals surface area contributed by atoms with Crippen LogP contribution in [0.4, 0.5) is 0 Å². The van der Waals surface area contributed by atoms with Crippen molar-refractivity contribution in [3.8, 4) is 5.75 Å². The molecule has 1 amide bonds. The fraction of sp³-hybridized carbons (Fsp3) is 0.286. The predicted octanol–water partition coefficient (Wildman–Crippen LogP) is 3.27. The van der Waals surface area contributed by atoms with Gasteiger partial charge in [-0.15, -0.1) is 0 Å². The zero-order chi connectivity index (χ0) is 20.3. The van der Waals surface area contributed by atoms with Crippen molar-refractivity contribution in [1.29, 1.82) is 0 Å². The summed E-state index contributed by atoms with van der Waals surface area (Å²) in [4.78, 5) is 12.7. The van der Waals surface area contributed by atoms with Crippen LogP contribution in [-0.2, 0) is 22.0 Å². The molecule has 1 heterocycles. The second-order valence-corrected chi connectivity index (χ2v) is 8.94. The van der Waals surface area contributed by atoms with E-state index in [0.29, 0.717) is 29.5 Å². The molecule has 2 aromatic carbocycles. The highest BCUT2D eigenvalue weighted by Crippen LogP contribution is 2.27. The number of amides is 1. The minimum Gasteiger partial charge on any atom is -0.496 e. The van der Waals surface area contributed by atoms with Crippen LogP contribution >= 0.6 is 0 Å². The molecule has 1 N–H and O–H groups in total. The lowest BCUT2D eigenvalue weighted by Gasteiger charge is -2.10. The van der Waals surface area contributed by atoms with E-state index in [9.17, 15) is 13.2 Å². The summed E-state index contributed by atoms with van der Waals surface area (Å²) in [6.45, 7) is 2.36. The number of furan rings is 1. The number of rotatable bonds is 7. The van der Waals surface area contributed by atoms with Gasteiger partial charge in [-0.1, -0.05) is 35.9 Å². The van der Waals surface area contributed by atoms with Crippen LogP contribution in [0.2, 0.25) is 0 Å². The smallest absolute Gasteiger partial charge is 0.287 e. The Morgan fingerprint density at radius 2 is 1.93 bits per heavy atom. The van der Waals surface area contributed by atoms with Crippen LogP contribution < -0.4 is 10.1 Å². The van der Waals surface area contributed by atoms with Crippen molar-refractivity contribution in [2.45, 2.75) is 19.1 Å². The second kappa shape index (κ2) is 8.06. The number of aryl methyl sites for hydroxylation is 1. The number of nitrogens with one attached hydrogen (secondary N) is 1. The SMILES string of the molecule is COc1ccc(C)cc1CCNC(=O)c1oc2ccccc2c1CS(C)(=O)=O. The Kier molecular flexibility index (Phi) is 5.74. The summed E-state index contributed by atoms with van der Waals surface area (Å²) in [7, 11) is -1.72. The fourth-order valence-corrected chi connectivity index (χ4v) is 3.99. The molecule has 0 spiro atoms. The Balaban J connectivity index is 1.80. The molecule has 0 saturated carbocycles. The van der Waals surface area contributed by atoms with Gasteiger partial charge in [0, 0.05) is 23.8 Å². The second-order valence-electron chi connectivity index (χ2n) is 6.80. The first-order valence-corrected chi connectivity index (χ1v) is 10.9. The number of fused-ring (bicyclic) bond motifs is 1. The number of hydrogen-bond donors (Lipinski definition) is 1. The Labute approximate surface area is 164 Å². The minimum absolute atomic E-state index is 0.0443. The highest BCUT2D eigenvalue weighted by molar-refractivity contribution is 7.89. The number of para-hydroxylation sites is 1. The summed E-state index contributed by atoms with van der Waals surface area (Å²) < 4.78 is 34.7. The highest BCUT2D eigenvalue weighted by Gasteiger charge is 2.23. The van der Waals surface area contributed by atoms with E-state index in [-0.39, 0.29) is 11.5 Å². The van der Waals surface area contributed by atoms with E-state index in [1.807, 2.05) is 25.1 Å². The van der Waals surface area contributed by atoms with Crippen LogP contribution in [0, 0.1) is 6.92 Å². The molecule has 0 aliphatic heterocycles. The summed E-state index contributed by atoms with van der Waals surface area (Å²) in [5, 5.41) is 3.46. The van der Waals surface area contributed by atoms with Gasteiger partial charge in [-0.05, 0) is 31.0 Å². The molecular formula is C21H23NO5S. The number of ether oxygens (including phenoxy) is 1. The third-order valence-electron chi connectivity index (χ3n) is 4.43. The summed E-state index contributed by atoms with van der Waals surface area (Å²) >= 11 is 0. The summed E-state index contributed by atoms with van der Waals surface area (Å²) in [6, 6.07) is 12.9. The third kappa shape index (κ3) is 4.54. The molecule has 28 heavy (non-hydrogen) atoms. The van der Waals surface area contributed by atoms with Gasteiger partial charge in [0.2, 0.25) is 0 Å². The molecule has 0 atom stereocenters. The van der Waals surface area contributed by atoms with Crippen molar-refractivity contribution in [3.63, 3.8) is 0 Å². The molecular weight excluding hydrogens is 378 g/mol. The maximum absolute atomic E-state index is 12.7. The lowest BCUT2D eigenvalue weighted by molar-refractivity contribution is 0.0927. The van der Waals surface area contributed by atoms with E-state index < -0.39 is 15.7 Å². The number of sulfone groups is 1. The molecule has 3 aromatic rings. The first-order chi connectivity index (χ1) is 13.3. The van der Waals surface area contributed by atoms with Gasteiger partial charge in [-0.25, -0.2) is 8.42 Å². The van der Waals surface area contributed by atoms with Crippen LogP contribution in [0.1, 0.15) is 27.2 Å². The van der Waals surface area contributed by atoms with E-state index in [0.717, 1.165) is 23.1 Å². The average Bonchev–Trinajstić information content (AvgIpc) is 2.99. The molecule has 0 radical (unpaired) electrons. The summed E-state index contributed by atoms with van der Waals surface area (Å²) in [5.41, 5.74) is 2.98. The van der Waals surface area contributed by atoms with Gasteiger partial charge in [0.15, 0.2) is 15.6 Å². The molecule has 0 unspecified atom stereocenters. The number of carbonyl (C=O) groups excluding carboxylic acids is 1. The molecule has 0 saturated heterocycles. The molecule has 0 aliphatic carbocycles. The quantitative estimate of drug-likeness (QED) is 0.657. The van der Waals surface area contributed by atoms with Gasteiger partial charge in [0.05, 0.1) is 12.9 Å². The Morgan fingerprint density at radius 1 is 1.18 bits per heavy atom. The number of methoxy groups -OCH3 is 1. The van der Waals surface area contributed by atoms with Gasteiger partial charge < -0.3 is 14.5 Å². The van der Waals surface area contributed by atoms with Crippen LogP contribution in [0.15, 0.2) is 46.9 Å². The minimum atomic E-state index is -3.33. The molecule has 0 fully saturated rings. The van der Waals surface area contributed by atoms with Crippen molar-refractivity contribution in [2.24, 2.45) is 0 Å². The normalized spacial score (nSPS) is 11.5. The van der Waals surface area contributed by atoms with Crippen LogP contribution in [0.5, 0.6) is 5.75 Å². The van der Waals surface area contributed by atoms with Crippen molar-refractivity contribution >= 4 is 26.7 Å². The van der Waals surface area contributed by atoms with Crippen LogP contribution in [0.3, 0.4) is 0 Å². The maximum Gasteiger partial charge on any atom is 0.287 e. The Hall–Kier alpha value is -2.80. The lowest BCUT2D eigenvalue weighted by atomic mass is 10.1. The van der Waals surface area contributed by atoms with Gasteiger partial charge >= 0.3 is 0 Å². The van der Waals surface area contributed by atoms with Crippen molar-refractivity contribution < 1.29 is 22.4 Å². The van der Waals surface area contributed by atoms with Gasteiger partial charge in [-0.3, -0.25) is 4.79 Å². The first kappa shape index (κ1) is 19.9. The summed E-state index contributed by atoms with van der Waals surface area (Å²) in [5.74, 6) is 0.129. The number of benzene rings is 2. The molecule has 0 bridgehead atoms. The average molecular weight is 401 g/mol. The zero-order valence-electron chi connectivity index (χ0n) is 16.1. The van der Waals surface area contributed by atoms with E-state index >= 15 is 0 Å². The van der Waals surface area contributed by atoms with Gasteiger partial charge in [0.25, 0.3) is 5.91 Å². The molecule has 0 aliphatic rings. The number of hydrogen-bond acceptors (Lipinski definition) is 5. The van der Waals surface area contributed by atoms with E-state index in [1.165, 1.54) is 0 Å². The molecule has 6 nitrogen and oxygen atoms in total. The van der Waals surface area contributed by atoms with Crippen LogP contribution in [-0.4, -0.2) is 34.2 Å². The lowest BCUT2D eigenvalue weighted by Crippen LogP contribution is -2.26. The summed E-state index contributed by atoms with van der Waals surface area (Å²) in [6.07, 6.45) is 1.72. The highest BCUT2D eigenvalue weighted by atomic mass is 32.2. The van der Waals surface area contributed by atoms with Crippen LogP contribution in [0.25, 0.3) is 11.0 Å². The van der Waals surface area contributed by atoms with Crippen molar-refractivity contribution in [2.75, 3.05) is 19.9 Å². The Morgan fingerprint density at radius 3 is 2.64 bits per heavy atom. The zero-order valence-corrected chi connectivity index (χ0v) is 16.9. The molecule has 148 valence electrons. The van der Waals surface area contributed by atoms with Crippen molar-refractivity contribution in [3.05, 3.63) is 64.9 Å². The molecule has 7 heteroatoms. The van der Waals surface area contributed by atoms with E-state index in [1.54, 1.807) is 31.4 Å². The first-order valence-electron chi connectivity index (χ1n) is 8.88. The third-order valence-corrected chi connectivity index (χ3v) is 5.24.